The van der Waals surface area contributed by atoms with Gasteiger partial charge in [-0.15, -0.1) is 0 Å². The van der Waals surface area contributed by atoms with Crippen LogP contribution >= 0.6 is 0 Å². The van der Waals surface area contributed by atoms with Crippen LogP contribution in [0.3, 0.4) is 0 Å². The fourth-order valence-corrected chi connectivity index (χ4v) is 3.00. The van der Waals surface area contributed by atoms with Crippen molar-refractivity contribution in [2.75, 3.05) is 30.8 Å². The lowest BCUT2D eigenvalue weighted by molar-refractivity contribution is 0.414. The molecule has 0 amide bonds. The minimum Gasteiger partial charge on any atom is -0.497 e. The quantitative estimate of drug-likeness (QED) is 0.511. The van der Waals surface area contributed by atoms with Gasteiger partial charge in [0, 0.05) is 24.8 Å². The highest BCUT2D eigenvalue weighted by Crippen LogP contribution is 2.13. The Morgan fingerprint density at radius 3 is 2.32 bits per heavy atom. The Morgan fingerprint density at radius 1 is 0.821 bits per heavy atom. The zero-order valence-corrected chi connectivity index (χ0v) is 16.6. The third-order valence-corrected chi connectivity index (χ3v) is 4.50. The average molecular weight is 377 g/mol. The van der Waals surface area contributed by atoms with Crippen molar-refractivity contribution in [3.05, 3.63) is 77.5 Å². The van der Waals surface area contributed by atoms with E-state index in [1.807, 2.05) is 25.1 Å². The van der Waals surface area contributed by atoms with Gasteiger partial charge in [0.1, 0.15) is 11.6 Å². The van der Waals surface area contributed by atoms with Gasteiger partial charge < -0.3 is 15.4 Å². The molecule has 0 aliphatic heterocycles. The van der Waals surface area contributed by atoms with E-state index < -0.39 is 0 Å². The summed E-state index contributed by atoms with van der Waals surface area (Å²) < 4.78 is 5.19. The lowest BCUT2D eigenvalue weighted by Gasteiger charge is -2.10. The second kappa shape index (κ2) is 10.3. The first-order chi connectivity index (χ1) is 13.7. The Bertz CT molecular complexity index is 850. The standard InChI is InChI=1S/C23H28N4O/c1-18-17-22(24-15-6-9-19-7-4-3-5-8-19)27-23(26-18)25-16-14-20-10-12-21(28-2)13-11-20/h3-5,7-8,10-13,17H,6,9,14-16H2,1-2H3,(H2,24,25,26,27). The molecule has 0 atom stereocenters. The first-order valence-corrected chi connectivity index (χ1v) is 9.73. The van der Waals surface area contributed by atoms with E-state index in [9.17, 15) is 0 Å². The Labute approximate surface area is 167 Å². The van der Waals surface area contributed by atoms with Crippen molar-refractivity contribution in [3.63, 3.8) is 0 Å². The fraction of sp³-hybridized carbons (Fsp3) is 0.304. The van der Waals surface area contributed by atoms with Gasteiger partial charge in [0.25, 0.3) is 0 Å². The number of aryl methyl sites for hydroxylation is 2. The lowest BCUT2D eigenvalue weighted by atomic mass is 10.1. The molecule has 5 heteroatoms. The van der Waals surface area contributed by atoms with Crippen molar-refractivity contribution >= 4 is 11.8 Å². The van der Waals surface area contributed by atoms with E-state index in [2.05, 4.69) is 63.1 Å². The highest BCUT2D eigenvalue weighted by Gasteiger charge is 2.03. The van der Waals surface area contributed by atoms with Gasteiger partial charge in [-0.1, -0.05) is 42.5 Å². The molecule has 1 aromatic heterocycles. The fourth-order valence-electron chi connectivity index (χ4n) is 3.00. The van der Waals surface area contributed by atoms with Crippen LogP contribution < -0.4 is 15.4 Å². The van der Waals surface area contributed by atoms with Gasteiger partial charge in [-0.2, -0.15) is 4.98 Å². The van der Waals surface area contributed by atoms with Gasteiger partial charge in [0.15, 0.2) is 0 Å². The minimum atomic E-state index is 0.666. The molecular weight excluding hydrogens is 348 g/mol. The molecule has 2 aromatic carbocycles. The summed E-state index contributed by atoms with van der Waals surface area (Å²) in [6.45, 7) is 3.66. The van der Waals surface area contributed by atoms with Gasteiger partial charge in [-0.05, 0) is 49.4 Å². The smallest absolute Gasteiger partial charge is 0.224 e. The largest absolute Gasteiger partial charge is 0.497 e. The summed E-state index contributed by atoms with van der Waals surface area (Å²) in [5, 5.41) is 6.74. The molecule has 1 heterocycles. The highest BCUT2D eigenvalue weighted by atomic mass is 16.5. The summed E-state index contributed by atoms with van der Waals surface area (Å²) >= 11 is 0. The van der Waals surface area contributed by atoms with E-state index in [4.69, 9.17) is 4.74 Å². The van der Waals surface area contributed by atoms with Gasteiger partial charge in [0.05, 0.1) is 7.11 Å². The van der Waals surface area contributed by atoms with Crippen LogP contribution in [0.15, 0.2) is 60.7 Å². The number of methoxy groups -OCH3 is 1. The van der Waals surface area contributed by atoms with Gasteiger partial charge in [0.2, 0.25) is 5.95 Å². The Morgan fingerprint density at radius 2 is 1.57 bits per heavy atom. The molecule has 28 heavy (non-hydrogen) atoms. The summed E-state index contributed by atoms with van der Waals surface area (Å²) in [6, 6.07) is 20.7. The van der Waals surface area contributed by atoms with E-state index in [1.165, 1.54) is 11.1 Å². The van der Waals surface area contributed by atoms with Gasteiger partial charge in [-0.3, -0.25) is 0 Å². The SMILES string of the molecule is COc1ccc(CCNc2nc(C)cc(NCCCc3ccccc3)n2)cc1. The number of nitrogens with one attached hydrogen (secondary N) is 2. The molecular formula is C23H28N4O. The normalized spacial score (nSPS) is 10.5. The van der Waals surface area contributed by atoms with Crippen molar-refractivity contribution in [1.82, 2.24) is 9.97 Å². The molecule has 0 spiro atoms. The zero-order valence-electron chi connectivity index (χ0n) is 16.6. The molecule has 0 saturated heterocycles. The van der Waals surface area contributed by atoms with Crippen LogP contribution in [0, 0.1) is 6.92 Å². The first kappa shape index (κ1) is 19.7. The molecule has 3 aromatic rings. The number of hydrogen-bond donors (Lipinski definition) is 2. The maximum absolute atomic E-state index is 5.19. The van der Waals surface area contributed by atoms with E-state index >= 15 is 0 Å². The maximum atomic E-state index is 5.19. The third-order valence-electron chi connectivity index (χ3n) is 4.50. The van der Waals surface area contributed by atoms with Crippen molar-refractivity contribution in [2.45, 2.75) is 26.2 Å². The summed E-state index contributed by atoms with van der Waals surface area (Å²) in [4.78, 5) is 9.07. The number of aromatic nitrogens is 2. The average Bonchev–Trinajstić information content (AvgIpc) is 2.72. The van der Waals surface area contributed by atoms with Crippen LogP contribution in [0.4, 0.5) is 11.8 Å². The minimum absolute atomic E-state index is 0.666. The lowest BCUT2D eigenvalue weighted by Crippen LogP contribution is -2.11. The third kappa shape index (κ3) is 6.27. The molecule has 0 bridgehead atoms. The molecule has 0 saturated carbocycles. The van der Waals surface area contributed by atoms with Crippen LogP contribution in [0.5, 0.6) is 5.75 Å². The van der Waals surface area contributed by atoms with Crippen molar-refractivity contribution in [1.29, 1.82) is 0 Å². The number of ether oxygens (including phenoxy) is 1. The van der Waals surface area contributed by atoms with Crippen molar-refractivity contribution < 1.29 is 4.74 Å². The van der Waals surface area contributed by atoms with E-state index in [0.29, 0.717) is 5.95 Å². The maximum Gasteiger partial charge on any atom is 0.224 e. The van der Waals surface area contributed by atoms with E-state index in [1.54, 1.807) is 7.11 Å². The summed E-state index contributed by atoms with van der Waals surface area (Å²) in [5.41, 5.74) is 3.57. The number of rotatable bonds is 10. The summed E-state index contributed by atoms with van der Waals surface area (Å²) in [6.07, 6.45) is 3.03. The highest BCUT2D eigenvalue weighted by molar-refractivity contribution is 5.42. The summed E-state index contributed by atoms with van der Waals surface area (Å²) in [5.74, 6) is 2.41. The molecule has 2 N–H and O–H groups in total. The van der Waals surface area contributed by atoms with Gasteiger partial charge >= 0.3 is 0 Å². The zero-order chi connectivity index (χ0) is 19.6. The topological polar surface area (TPSA) is 59.1 Å². The molecule has 146 valence electrons. The van der Waals surface area contributed by atoms with Crippen LogP contribution in [0.2, 0.25) is 0 Å². The van der Waals surface area contributed by atoms with Crippen molar-refractivity contribution in [2.24, 2.45) is 0 Å². The second-order valence-electron chi connectivity index (χ2n) is 6.76. The molecule has 5 nitrogen and oxygen atoms in total. The molecule has 0 radical (unpaired) electrons. The second-order valence-corrected chi connectivity index (χ2v) is 6.76. The number of anilines is 2. The molecule has 0 fully saturated rings. The number of nitrogens with zero attached hydrogens (tertiary/aromatic N) is 2. The monoisotopic (exact) mass is 376 g/mol. The predicted octanol–water partition coefficient (Wildman–Crippen LogP) is 4.49. The van der Waals surface area contributed by atoms with Crippen LogP contribution in [0.1, 0.15) is 23.2 Å². The van der Waals surface area contributed by atoms with E-state index in [0.717, 1.165) is 49.6 Å². The molecule has 0 aliphatic carbocycles. The summed E-state index contributed by atoms with van der Waals surface area (Å²) in [7, 11) is 1.68. The van der Waals surface area contributed by atoms with Crippen LogP contribution in [0.25, 0.3) is 0 Å². The van der Waals surface area contributed by atoms with Crippen molar-refractivity contribution in [3.8, 4) is 5.75 Å². The Hall–Kier alpha value is -3.08. The molecule has 0 unspecified atom stereocenters. The Balaban J connectivity index is 1.45. The van der Waals surface area contributed by atoms with E-state index in [-0.39, 0.29) is 0 Å². The predicted molar refractivity (Wildman–Crippen MR) is 115 cm³/mol. The number of hydrogen-bond acceptors (Lipinski definition) is 5. The van der Waals surface area contributed by atoms with Gasteiger partial charge in [-0.25, -0.2) is 4.98 Å². The van der Waals surface area contributed by atoms with Crippen LogP contribution in [-0.2, 0) is 12.8 Å². The molecule has 3 rings (SSSR count). The number of benzene rings is 2. The first-order valence-electron chi connectivity index (χ1n) is 9.73. The molecule has 0 aliphatic rings. The van der Waals surface area contributed by atoms with Crippen LogP contribution in [-0.4, -0.2) is 30.2 Å². The Kier molecular flexibility index (Phi) is 7.24.